The Kier molecular flexibility index (Phi) is 4.32. The van der Waals surface area contributed by atoms with Crippen LogP contribution in [-0.2, 0) is 16.2 Å². The van der Waals surface area contributed by atoms with Crippen LogP contribution < -0.4 is 10.5 Å². The molecule has 21 heavy (non-hydrogen) atoms. The van der Waals surface area contributed by atoms with Crippen molar-refractivity contribution < 1.29 is 21.6 Å². The Hall–Kier alpha value is -1.12. The van der Waals surface area contributed by atoms with E-state index in [2.05, 4.69) is 4.72 Å². The monoisotopic (exact) mass is 322 g/mol. The maximum absolute atomic E-state index is 12.9. The predicted octanol–water partition coefficient (Wildman–Crippen LogP) is 2.11. The first-order valence-corrected chi connectivity index (χ1v) is 8.05. The number of rotatable bonds is 6. The molecule has 4 nitrogen and oxygen atoms in total. The highest BCUT2D eigenvalue weighted by Crippen LogP contribution is 2.48. The Balaban J connectivity index is 2.21. The molecule has 0 unspecified atom stereocenters. The van der Waals surface area contributed by atoms with Crippen LogP contribution in [0.15, 0.2) is 29.2 Å². The maximum Gasteiger partial charge on any atom is 0.417 e. The summed E-state index contributed by atoms with van der Waals surface area (Å²) >= 11 is 0. The Morgan fingerprint density at radius 1 is 1.24 bits per heavy atom. The molecule has 0 spiro atoms. The molecule has 1 aliphatic carbocycles. The number of hydrogen-bond acceptors (Lipinski definition) is 3. The second-order valence-corrected chi connectivity index (χ2v) is 7.09. The van der Waals surface area contributed by atoms with Crippen molar-refractivity contribution in [2.75, 3.05) is 13.1 Å². The van der Waals surface area contributed by atoms with Crippen molar-refractivity contribution in [3.63, 3.8) is 0 Å². The largest absolute Gasteiger partial charge is 0.417 e. The molecule has 1 fully saturated rings. The number of alkyl halides is 3. The average Bonchev–Trinajstić information content (AvgIpc) is 3.17. The molecule has 0 aliphatic heterocycles. The van der Waals surface area contributed by atoms with Crippen LogP contribution in [0.25, 0.3) is 0 Å². The van der Waals surface area contributed by atoms with Crippen molar-refractivity contribution in [1.29, 1.82) is 0 Å². The van der Waals surface area contributed by atoms with Gasteiger partial charge in [0.25, 0.3) is 0 Å². The zero-order valence-corrected chi connectivity index (χ0v) is 12.1. The summed E-state index contributed by atoms with van der Waals surface area (Å²) in [7, 11) is -4.20. The van der Waals surface area contributed by atoms with Gasteiger partial charge >= 0.3 is 6.18 Å². The van der Waals surface area contributed by atoms with Gasteiger partial charge in [-0.05, 0) is 43.4 Å². The number of nitrogens with one attached hydrogen (secondary N) is 1. The minimum absolute atomic E-state index is 0.124. The molecule has 0 atom stereocenters. The molecule has 3 N–H and O–H groups in total. The molecule has 8 heteroatoms. The van der Waals surface area contributed by atoms with Crippen molar-refractivity contribution in [2.45, 2.75) is 30.3 Å². The Bertz CT molecular complexity index is 610. The topological polar surface area (TPSA) is 72.2 Å². The lowest BCUT2D eigenvalue weighted by Gasteiger charge is -2.17. The van der Waals surface area contributed by atoms with E-state index < -0.39 is 26.7 Å². The van der Waals surface area contributed by atoms with Crippen molar-refractivity contribution in [3.05, 3.63) is 29.8 Å². The molecule has 0 aromatic heterocycles. The van der Waals surface area contributed by atoms with E-state index in [0.29, 0.717) is 13.0 Å². The molecule has 0 heterocycles. The van der Waals surface area contributed by atoms with Crippen LogP contribution in [-0.4, -0.2) is 21.5 Å². The summed E-state index contributed by atoms with van der Waals surface area (Å²) in [6.07, 6.45) is -2.36. The van der Waals surface area contributed by atoms with E-state index in [1.165, 1.54) is 12.1 Å². The van der Waals surface area contributed by atoms with Crippen LogP contribution in [0.3, 0.4) is 0 Å². The number of sulfonamides is 1. The summed E-state index contributed by atoms with van der Waals surface area (Å²) in [5, 5.41) is 0. The summed E-state index contributed by atoms with van der Waals surface area (Å²) < 4.78 is 65.2. The quantitative estimate of drug-likeness (QED) is 0.842. The second kappa shape index (κ2) is 5.58. The summed E-state index contributed by atoms with van der Waals surface area (Å²) in [5.74, 6) is 0. The average molecular weight is 322 g/mol. The second-order valence-electron chi connectivity index (χ2n) is 5.36. The molecular weight excluding hydrogens is 305 g/mol. The van der Waals surface area contributed by atoms with E-state index in [-0.39, 0.29) is 12.0 Å². The predicted molar refractivity (Wildman–Crippen MR) is 72.0 cm³/mol. The SMILES string of the molecule is NCCC1(CNS(=O)(=O)c2ccccc2C(F)(F)F)CC1. The Labute approximate surface area is 121 Å². The zero-order valence-electron chi connectivity index (χ0n) is 11.3. The van der Waals surface area contributed by atoms with Gasteiger partial charge in [-0.1, -0.05) is 12.1 Å². The summed E-state index contributed by atoms with van der Waals surface area (Å²) in [4.78, 5) is -0.735. The van der Waals surface area contributed by atoms with E-state index in [9.17, 15) is 21.6 Å². The van der Waals surface area contributed by atoms with Crippen LogP contribution in [0.2, 0.25) is 0 Å². The van der Waals surface area contributed by atoms with Crippen LogP contribution in [0.4, 0.5) is 13.2 Å². The van der Waals surface area contributed by atoms with Crippen molar-refractivity contribution >= 4 is 10.0 Å². The van der Waals surface area contributed by atoms with Gasteiger partial charge in [0.05, 0.1) is 10.5 Å². The summed E-state index contributed by atoms with van der Waals surface area (Å²) in [5.41, 5.74) is 4.12. The van der Waals surface area contributed by atoms with Gasteiger partial charge in [0, 0.05) is 6.54 Å². The fourth-order valence-electron chi connectivity index (χ4n) is 2.26. The highest BCUT2D eigenvalue weighted by molar-refractivity contribution is 7.89. The first-order valence-electron chi connectivity index (χ1n) is 6.56. The van der Waals surface area contributed by atoms with Gasteiger partial charge in [0.2, 0.25) is 10.0 Å². The van der Waals surface area contributed by atoms with Crippen molar-refractivity contribution in [3.8, 4) is 0 Å². The summed E-state index contributed by atoms with van der Waals surface area (Å²) in [6.45, 7) is 0.555. The highest BCUT2D eigenvalue weighted by atomic mass is 32.2. The van der Waals surface area contributed by atoms with Gasteiger partial charge in [-0.25, -0.2) is 13.1 Å². The van der Waals surface area contributed by atoms with E-state index in [0.717, 1.165) is 25.0 Å². The molecule has 118 valence electrons. The van der Waals surface area contributed by atoms with Gasteiger partial charge in [-0.15, -0.1) is 0 Å². The van der Waals surface area contributed by atoms with E-state index in [1.807, 2.05) is 0 Å². The molecule has 0 amide bonds. The fraction of sp³-hybridized carbons (Fsp3) is 0.538. The molecule has 1 saturated carbocycles. The minimum atomic E-state index is -4.71. The van der Waals surface area contributed by atoms with Gasteiger partial charge < -0.3 is 5.73 Å². The molecule has 0 saturated heterocycles. The number of hydrogen-bond donors (Lipinski definition) is 2. The number of benzene rings is 1. The zero-order chi connectivity index (χ0) is 15.7. The van der Waals surface area contributed by atoms with E-state index in [4.69, 9.17) is 5.73 Å². The van der Waals surface area contributed by atoms with Crippen LogP contribution in [0.5, 0.6) is 0 Å². The molecule has 0 radical (unpaired) electrons. The van der Waals surface area contributed by atoms with Crippen molar-refractivity contribution in [2.24, 2.45) is 11.1 Å². The highest BCUT2D eigenvalue weighted by Gasteiger charge is 2.43. The lowest BCUT2D eigenvalue weighted by atomic mass is 10.0. The van der Waals surface area contributed by atoms with E-state index >= 15 is 0 Å². The lowest BCUT2D eigenvalue weighted by Crippen LogP contribution is -2.32. The molecular formula is C13H17F3N2O2S. The molecule has 2 rings (SSSR count). The van der Waals surface area contributed by atoms with Crippen LogP contribution in [0, 0.1) is 5.41 Å². The minimum Gasteiger partial charge on any atom is -0.330 e. The van der Waals surface area contributed by atoms with Crippen LogP contribution in [0.1, 0.15) is 24.8 Å². The maximum atomic E-state index is 12.9. The Morgan fingerprint density at radius 2 is 1.86 bits per heavy atom. The number of nitrogens with two attached hydrogens (primary N) is 1. The standard InChI is InChI=1S/C13H17F3N2O2S/c14-13(15,16)10-3-1-2-4-11(10)21(19,20)18-9-12(5-6-12)7-8-17/h1-4,18H,5-9,17H2. The van der Waals surface area contributed by atoms with Crippen molar-refractivity contribution in [1.82, 2.24) is 4.72 Å². The summed E-state index contributed by atoms with van der Waals surface area (Å²) in [6, 6.07) is 4.17. The van der Waals surface area contributed by atoms with E-state index in [1.54, 1.807) is 0 Å². The third kappa shape index (κ3) is 3.75. The van der Waals surface area contributed by atoms with Gasteiger partial charge in [-0.2, -0.15) is 13.2 Å². The molecule has 1 aliphatic rings. The third-order valence-electron chi connectivity index (χ3n) is 3.75. The Morgan fingerprint density at radius 3 is 2.38 bits per heavy atom. The lowest BCUT2D eigenvalue weighted by molar-refractivity contribution is -0.139. The molecule has 1 aromatic carbocycles. The van der Waals surface area contributed by atoms with Crippen LogP contribution >= 0.6 is 0 Å². The van der Waals surface area contributed by atoms with Gasteiger partial charge in [0.1, 0.15) is 0 Å². The first kappa shape index (κ1) is 16.3. The van der Waals surface area contributed by atoms with Gasteiger partial charge in [-0.3, -0.25) is 0 Å². The van der Waals surface area contributed by atoms with Gasteiger partial charge in [0.15, 0.2) is 0 Å². The molecule has 0 bridgehead atoms. The first-order chi connectivity index (χ1) is 9.70. The molecule has 1 aromatic rings. The number of halogens is 3. The third-order valence-corrected chi connectivity index (χ3v) is 5.21. The normalized spacial score (nSPS) is 17.7. The fourth-order valence-corrected chi connectivity index (χ4v) is 3.64. The smallest absolute Gasteiger partial charge is 0.330 e.